The molecule has 1 aliphatic carbocycles. The lowest BCUT2D eigenvalue weighted by Gasteiger charge is -2.22. The first kappa shape index (κ1) is 12.2. The van der Waals surface area contributed by atoms with Crippen molar-refractivity contribution >= 4 is 0 Å². The number of aromatic nitrogens is 3. The topological polar surface area (TPSA) is 50.7 Å². The van der Waals surface area contributed by atoms with Gasteiger partial charge in [0.05, 0.1) is 5.69 Å². The average Bonchev–Trinajstić information content (AvgIpc) is 2.85. The fourth-order valence-electron chi connectivity index (χ4n) is 2.97. The molecule has 1 saturated carbocycles. The van der Waals surface area contributed by atoms with E-state index in [1.807, 2.05) is 17.7 Å². The molecule has 2 aromatic rings. The Kier molecular flexibility index (Phi) is 3.23. The van der Waals surface area contributed by atoms with Gasteiger partial charge in [0.25, 0.3) is 0 Å². The lowest BCUT2D eigenvalue weighted by atomic mass is 9.86. The van der Waals surface area contributed by atoms with E-state index < -0.39 is 0 Å². The molecule has 0 radical (unpaired) electrons. The van der Waals surface area contributed by atoms with E-state index in [1.54, 1.807) is 12.3 Å². The molecule has 0 saturated heterocycles. The van der Waals surface area contributed by atoms with Crippen LogP contribution in [0.1, 0.15) is 49.5 Å². The number of H-pyrrole nitrogens is 1. The molecule has 0 spiro atoms. The van der Waals surface area contributed by atoms with Crippen molar-refractivity contribution in [3.05, 3.63) is 46.4 Å². The molecule has 0 aliphatic heterocycles. The summed E-state index contributed by atoms with van der Waals surface area (Å²) in [6.45, 7) is 1.95. The maximum Gasteiger partial charge on any atom is 0.250 e. The highest BCUT2D eigenvalue weighted by atomic mass is 16.1. The molecule has 1 N–H and O–H groups in total. The molecular formula is C15H19N3O. The van der Waals surface area contributed by atoms with Crippen LogP contribution in [0.3, 0.4) is 0 Å². The quantitative estimate of drug-likeness (QED) is 0.899. The van der Waals surface area contributed by atoms with Crippen LogP contribution in [0.25, 0.3) is 5.69 Å². The van der Waals surface area contributed by atoms with Crippen LogP contribution in [-0.4, -0.2) is 14.5 Å². The molecule has 0 unspecified atom stereocenters. The summed E-state index contributed by atoms with van der Waals surface area (Å²) in [6, 6.07) is 3.74. The second-order valence-electron chi connectivity index (χ2n) is 5.34. The van der Waals surface area contributed by atoms with Gasteiger partial charge in [0, 0.05) is 24.2 Å². The maximum absolute atomic E-state index is 11.9. The number of hydrogen-bond donors (Lipinski definition) is 1. The monoisotopic (exact) mass is 257 g/mol. The Bertz CT molecular complexity index is 620. The molecule has 2 aromatic heterocycles. The Morgan fingerprint density at radius 1 is 1.26 bits per heavy atom. The summed E-state index contributed by atoms with van der Waals surface area (Å²) in [7, 11) is 0. The van der Waals surface area contributed by atoms with Gasteiger partial charge in [0.2, 0.25) is 5.56 Å². The molecule has 0 bridgehead atoms. The minimum absolute atomic E-state index is 0.0221. The van der Waals surface area contributed by atoms with Crippen molar-refractivity contribution in [2.24, 2.45) is 0 Å². The van der Waals surface area contributed by atoms with Gasteiger partial charge in [-0.25, -0.2) is 4.98 Å². The van der Waals surface area contributed by atoms with Crippen molar-refractivity contribution in [3.8, 4) is 5.69 Å². The summed E-state index contributed by atoms with van der Waals surface area (Å²) in [5.41, 5.74) is 1.97. The van der Waals surface area contributed by atoms with E-state index in [-0.39, 0.29) is 5.56 Å². The van der Waals surface area contributed by atoms with Crippen LogP contribution in [0, 0.1) is 6.92 Å². The van der Waals surface area contributed by atoms with Gasteiger partial charge < -0.3 is 9.55 Å². The first-order chi connectivity index (χ1) is 9.24. The third-order valence-corrected chi connectivity index (χ3v) is 4.00. The van der Waals surface area contributed by atoms with Gasteiger partial charge in [-0.15, -0.1) is 0 Å². The molecule has 0 aromatic carbocycles. The normalized spacial score (nSPS) is 16.7. The highest BCUT2D eigenvalue weighted by molar-refractivity contribution is 5.34. The number of aromatic amines is 1. The minimum Gasteiger partial charge on any atom is -0.326 e. The van der Waals surface area contributed by atoms with Gasteiger partial charge >= 0.3 is 0 Å². The zero-order valence-corrected chi connectivity index (χ0v) is 11.2. The summed E-state index contributed by atoms with van der Waals surface area (Å²) in [6.07, 6.45) is 9.87. The zero-order valence-electron chi connectivity index (χ0n) is 11.2. The predicted molar refractivity (Wildman–Crippen MR) is 74.7 cm³/mol. The van der Waals surface area contributed by atoms with E-state index in [0.717, 1.165) is 17.2 Å². The lowest BCUT2D eigenvalue weighted by molar-refractivity contribution is 0.436. The van der Waals surface area contributed by atoms with Crippen molar-refractivity contribution in [2.75, 3.05) is 0 Å². The third-order valence-electron chi connectivity index (χ3n) is 4.00. The molecular weight excluding hydrogens is 238 g/mol. The van der Waals surface area contributed by atoms with Crippen molar-refractivity contribution in [2.45, 2.75) is 44.9 Å². The molecule has 1 fully saturated rings. The predicted octanol–water partition coefficient (Wildman–Crippen LogP) is 2.92. The van der Waals surface area contributed by atoms with Gasteiger partial charge in [-0.2, -0.15) is 0 Å². The smallest absolute Gasteiger partial charge is 0.250 e. The standard InChI is InChI=1S/C15H19N3O/c1-11-16-7-8-18(11)13-9-14(17-15(19)10-13)12-5-3-2-4-6-12/h7-10,12H,2-6H2,1H3,(H,17,19). The number of nitrogens with zero attached hydrogens (tertiary/aromatic N) is 2. The van der Waals surface area contributed by atoms with Crippen LogP contribution in [0.4, 0.5) is 0 Å². The first-order valence-corrected chi connectivity index (χ1v) is 6.98. The van der Waals surface area contributed by atoms with Crippen LogP contribution < -0.4 is 5.56 Å². The van der Waals surface area contributed by atoms with E-state index in [4.69, 9.17) is 0 Å². The maximum atomic E-state index is 11.9. The highest BCUT2D eigenvalue weighted by Gasteiger charge is 2.17. The van der Waals surface area contributed by atoms with Crippen LogP contribution in [0.5, 0.6) is 0 Å². The van der Waals surface area contributed by atoms with Gasteiger partial charge in [0.1, 0.15) is 5.82 Å². The Labute approximate surface area is 112 Å². The number of rotatable bonds is 2. The Balaban J connectivity index is 2.01. The fraction of sp³-hybridized carbons (Fsp3) is 0.467. The van der Waals surface area contributed by atoms with Crippen molar-refractivity contribution < 1.29 is 0 Å². The number of pyridine rings is 1. The Morgan fingerprint density at radius 2 is 2.05 bits per heavy atom. The zero-order chi connectivity index (χ0) is 13.2. The fourth-order valence-corrected chi connectivity index (χ4v) is 2.97. The molecule has 19 heavy (non-hydrogen) atoms. The largest absolute Gasteiger partial charge is 0.326 e. The molecule has 2 heterocycles. The van der Waals surface area contributed by atoms with Gasteiger partial charge in [0.15, 0.2) is 0 Å². The molecule has 0 amide bonds. The van der Waals surface area contributed by atoms with Crippen molar-refractivity contribution in [3.63, 3.8) is 0 Å². The third kappa shape index (κ3) is 2.48. The summed E-state index contributed by atoms with van der Waals surface area (Å²) in [5, 5.41) is 0. The Hall–Kier alpha value is -1.84. The lowest BCUT2D eigenvalue weighted by Crippen LogP contribution is -2.15. The first-order valence-electron chi connectivity index (χ1n) is 6.98. The van der Waals surface area contributed by atoms with Crippen LogP contribution >= 0.6 is 0 Å². The van der Waals surface area contributed by atoms with Gasteiger partial charge in [-0.05, 0) is 31.7 Å². The molecule has 1 aliphatic rings. The van der Waals surface area contributed by atoms with Crippen LogP contribution in [-0.2, 0) is 0 Å². The van der Waals surface area contributed by atoms with Crippen LogP contribution in [0.2, 0.25) is 0 Å². The van der Waals surface area contributed by atoms with E-state index in [2.05, 4.69) is 16.0 Å². The number of nitrogens with one attached hydrogen (secondary N) is 1. The van der Waals surface area contributed by atoms with Crippen LogP contribution in [0.15, 0.2) is 29.3 Å². The number of aryl methyl sites for hydroxylation is 1. The molecule has 100 valence electrons. The Morgan fingerprint density at radius 3 is 2.74 bits per heavy atom. The summed E-state index contributed by atoms with van der Waals surface area (Å²) >= 11 is 0. The van der Waals surface area contributed by atoms with Gasteiger partial charge in [-0.3, -0.25) is 4.79 Å². The molecule has 4 nitrogen and oxygen atoms in total. The summed E-state index contributed by atoms with van der Waals surface area (Å²) in [4.78, 5) is 19.1. The molecule has 4 heteroatoms. The second kappa shape index (κ2) is 5.03. The number of imidazole rings is 1. The highest BCUT2D eigenvalue weighted by Crippen LogP contribution is 2.31. The summed E-state index contributed by atoms with van der Waals surface area (Å²) < 4.78 is 1.96. The van der Waals surface area contributed by atoms with E-state index in [1.165, 1.54) is 32.1 Å². The van der Waals surface area contributed by atoms with E-state index in [0.29, 0.717) is 5.92 Å². The SMILES string of the molecule is Cc1nccn1-c1cc(C2CCCCC2)[nH]c(=O)c1. The van der Waals surface area contributed by atoms with Crippen molar-refractivity contribution in [1.82, 2.24) is 14.5 Å². The van der Waals surface area contributed by atoms with Crippen molar-refractivity contribution in [1.29, 1.82) is 0 Å². The average molecular weight is 257 g/mol. The number of hydrogen-bond acceptors (Lipinski definition) is 2. The van der Waals surface area contributed by atoms with E-state index >= 15 is 0 Å². The minimum atomic E-state index is -0.0221. The molecule has 0 atom stereocenters. The van der Waals surface area contributed by atoms with Gasteiger partial charge in [-0.1, -0.05) is 19.3 Å². The summed E-state index contributed by atoms with van der Waals surface area (Å²) in [5.74, 6) is 1.41. The second-order valence-corrected chi connectivity index (χ2v) is 5.34. The molecule has 3 rings (SSSR count). The van der Waals surface area contributed by atoms with E-state index in [9.17, 15) is 4.79 Å².